The molecule has 112 valence electrons. The second kappa shape index (κ2) is 7.23. The van der Waals surface area contributed by atoms with Crippen molar-refractivity contribution < 1.29 is 8.42 Å². The standard InChI is InChI=1S/C14H22N2O2S2/c1-14(2,3)8-10-20(17,18)16-11-13-7-6-12(19-13)5-4-9-15/h6-7,16H,8-11,15H2,1-3H3. The molecule has 0 saturated carbocycles. The summed E-state index contributed by atoms with van der Waals surface area (Å²) >= 11 is 1.48. The van der Waals surface area contributed by atoms with Crippen molar-refractivity contribution in [1.82, 2.24) is 4.72 Å². The fourth-order valence-corrected chi connectivity index (χ4v) is 3.69. The summed E-state index contributed by atoms with van der Waals surface area (Å²) in [5.74, 6) is 5.86. The molecule has 0 aromatic carbocycles. The van der Waals surface area contributed by atoms with Crippen LogP contribution in [0.2, 0.25) is 0 Å². The van der Waals surface area contributed by atoms with E-state index >= 15 is 0 Å². The number of nitrogens with one attached hydrogen (secondary N) is 1. The van der Waals surface area contributed by atoms with Crippen LogP contribution in [0.1, 0.15) is 36.9 Å². The number of rotatable bonds is 5. The fourth-order valence-electron chi connectivity index (χ4n) is 1.37. The Hall–Kier alpha value is -0.870. The molecule has 0 atom stereocenters. The summed E-state index contributed by atoms with van der Waals surface area (Å²) in [7, 11) is -3.22. The van der Waals surface area contributed by atoms with Crippen molar-refractivity contribution in [1.29, 1.82) is 0 Å². The van der Waals surface area contributed by atoms with Crippen LogP contribution in [-0.4, -0.2) is 20.7 Å². The van der Waals surface area contributed by atoms with Crippen molar-refractivity contribution in [3.63, 3.8) is 0 Å². The van der Waals surface area contributed by atoms with Crippen LogP contribution in [0.5, 0.6) is 0 Å². The number of hydrogen-bond donors (Lipinski definition) is 2. The highest BCUT2D eigenvalue weighted by atomic mass is 32.2. The van der Waals surface area contributed by atoms with Gasteiger partial charge in [-0.2, -0.15) is 0 Å². The normalized spacial score (nSPS) is 12.0. The monoisotopic (exact) mass is 314 g/mol. The molecule has 0 aliphatic rings. The summed E-state index contributed by atoms with van der Waals surface area (Å²) in [6.45, 7) is 6.74. The molecule has 0 unspecified atom stereocenters. The number of nitrogens with two attached hydrogens (primary N) is 1. The first-order valence-electron chi connectivity index (χ1n) is 6.47. The Kier molecular flexibility index (Phi) is 6.21. The van der Waals surface area contributed by atoms with Crippen molar-refractivity contribution in [3.8, 4) is 11.8 Å². The Morgan fingerprint density at radius 1 is 1.35 bits per heavy atom. The minimum Gasteiger partial charge on any atom is -0.320 e. The molecule has 4 nitrogen and oxygen atoms in total. The second-order valence-corrected chi connectivity index (χ2v) is 8.82. The van der Waals surface area contributed by atoms with Crippen LogP contribution in [-0.2, 0) is 16.6 Å². The molecule has 0 amide bonds. The van der Waals surface area contributed by atoms with Crippen LogP contribution in [0.4, 0.5) is 0 Å². The van der Waals surface area contributed by atoms with Gasteiger partial charge in [0.25, 0.3) is 0 Å². The molecule has 1 heterocycles. The minimum absolute atomic E-state index is 0.0165. The van der Waals surface area contributed by atoms with Crippen molar-refractivity contribution in [2.24, 2.45) is 11.1 Å². The average molecular weight is 314 g/mol. The van der Waals surface area contributed by atoms with Gasteiger partial charge >= 0.3 is 0 Å². The summed E-state index contributed by atoms with van der Waals surface area (Å²) in [6.07, 6.45) is 0.639. The summed E-state index contributed by atoms with van der Waals surface area (Å²) in [4.78, 5) is 1.85. The van der Waals surface area contributed by atoms with E-state index in [4.69, 9.17) is 5.73 Å². The summed E-state index contributed by atoms with van der Waals surface area (Å²) < 4.78 is 26.4. The summed E-state index contributed by atoms with van der Waals surface area (Å²) in [5.41, 5.74) is 5.32. The van der Waals surface area contributed by atoms with Gasteiger partial charge in [0.1, 0.15) is 0 Å². The maximum Gasteiger partial charge on any atom is 0.211 e. The van der Waals surface area contributed by atoms with Crippen molar-refractivity contribution in [2.45, 2.75) is 33.7 Å². The first kappa shape index (κ1) is 17.2. The maximum absolute atomic E-state index is 11.9. The SMILES string of the molecule is CC(C)(C)CCS(=O)(=O)NCc1ccc(C#CCN)s1. The van der Waals surface area contributed by atoms with Gasteiger partial charge in [-0.1, -0.05) is 32.6 Å². The highest BCUT2D eigenvalue weighted by Gasteiger charge is 2.17. The molecule has 0 bridgehead atoms. The summed E-state index contributed by atoms with van der Waals surface area (Å²) in [5, 5.41) is 0. The van der Waals surface area contributed by atoms with Gasteiger partial charge < -0.3 is 5.73 Å². The lowest BCUT2D eigenvalue weighted by Crippen LogP contribution is -2.27. The zero-order chi connectivity index (χ0) is 15.2. The van der Waals surface area contributed by atoms with Crippen LogP contribution in [0.15, 0.2) is 12.1 Å². The lowest BCUT2D eigenvalue weighted by atomic mass is 9.94. The first-order chi connectivity index (χ1) is 9.22. The van der Waals surface area contributed by atoms with Crippen LogP contribution >= 0.6 is 11.3 Å². The van der Waals surface area contributed by atoms with E-state index in [0.29, 0.717) is 19.5 Å². The van der Waals surface area contributed by atoms with Crippen molar-refractivity contribution >= 4 is 21.4 Å². The highest BCUT2D eigenvalue weighted by molar-refractivity contribution is 7.89. The summed E-state index contributed by atoms with van der Waals surface area (Å²) in [6, 6.07) is 3.77. The molecule has 0 radical (unpaired) electrons. The smallest absolute Gasteiger partial charge is 0.211 e. The molecule has 1 rings (SSSR count). The van der Waals surface area contributed by atoms with E-state index in [1.165, 1.54) is 11.3 Å². The van der Waals surface area contributed by atoms with E-state index in [0.717, 1.165) is 9.75 Å². The molecule has 0 aliphatic heterocycles. The molecule has 0 spiro atoms. The third kappa shape index (κ3) is 7.06. The molecular weight excluding hydrogens is 292 g/mol. The third-order valence-electron chi connectivity index (χ3n) is 2.56. The van der Waals surface area contributed by atoms with E-state index in [1.807, 2.05) is 32.9 Å². The van der Waals surface area contributed by atoms with Crippen LogP contribution in [0, 0.1) is 17.3 Å². The molecule has 0 saturated heterocycles. The van der Waals surface area contributed by atoms with Gasteiger partial charge in [0.05, 0.1) is 17.2 Å². The third-order valence-corrected chi connectivity index (χ3v) is 4.89. The molecule has 1 aromatic rings. The zero-order valence-corrected chi connectivity index (χ0v) is 13.8. The largest absolute Gasteiger partial charge is 0.320 e. The molecule has 1 aromatic heterocycles. The predicted molar refractivity (Wildman–Crippen MR) is 84.9 cm³/mol. The lowest BCUT2D eigenvalue weighted by molar-refractivity contribution is 0.396. The Morgan fingerprint density at radius 3 is 2.65 bits per heavy atom. The minimum atomic E-state index is -3.22. The Bertz CT molecular complexity index is 587. The predicted octanol–water partition coefficient (Wildman–Crippen LogP) is 1.91. The highest BCUT2D eigenvalue weighted by Crippen LogP contribution is 2.19. The first-order valence-corrected chi connectivity index (χ1v) is 8.94. The zero-order valence-electron chi connectivity index (χ0n) is 12.2. The van der Waals surface area contributed by atoms with Gasteiger partial charge in [0.15, 0.2) is 0 Å². The van der Waals surface area contributed by atoms with E-state index in [1.54, 1.807) is 0 Å². The van der Waals surface area contributed by atoms with Gasteiger partial charge in [-0.05, 0) is 24.0 Å². The van der Waals surface area contributed by atoms with Gasteiger partial charge in [-0.15, -0.1) is 11.3 Å². The lowest BCUT2D eigenvalue weighted by Gasteiger charge is -2.17. The van der Waals surface area contributed by atoms with Crippen molar-refractivity contribution in [3.05, 3.63) is 21.9 Å². The molecule has 6 heteroatoms. The van der Waals surface area contributed by atoms with Gasteiger partial charge in [0.2, 0.25) is 10.0 Å². The van der Waals surface area contributed by atoms with Gasteiger partial charge in [0, 0.05) is 11.4 Å². The van der Waals surface area contributed by atoms with E-state index in [9.17, 15) is 8.42 Å². The molecule has 20 heavy (non-hydrogen) atoms. The molecule has 0 fully saturated rings. The Labute approximate surface area is 125 Å². The maximum atomic E-state index is 11.9. The average Bonchev–Trinajstić information content (AvgIpc) is 2.79. The molecule has 3 N–H and O–H groups in total. The van der Waals surface area contributed by atoms with E-state index < -0.39 is 10.0 Å². The fraction of sp³-hybridized carbons (Fsp3) is 0.571. The van der Waals surface area contributed by atoms with Gasteiger partial charge in [-0.3, -0.25) is 0 Å². The quantitative estimate of drug-likeness (QED) is 0.816. The number of thiophene rings is 1. The molecule has 0 aliphatic carbocycles. The molecular formula is C14H22N2O2S2. The van der Waals surface area contributed by atoms with Gasteiger partial charge in [-0.25, -0.2) is 13.1 Å². The topological polar surface area (TPSA) is 72.2 Å². The van der Waals surface area contributed by atoms with Crippen LogP contribution < -0.4 is 10.5 Å². The second-order valence-electron chi connectivity index (χ2n) is 5.72. The number of hydrogen-bond acceptors (Lipinski definition) is 4. The van der Waals surface area contributed by atoms with E-state index in [2.05, 4.69) is 16.6 Å². The Morgan fingerprint density at radius 2 is 2.05 bits per heavy atom. The van der Waals surface area contributed by atoms with E-state index in [-0.39, 0.29) is 11.2 Å². The van der Waals surface area contributed by atoms with Crippen LogP contribution in [0.3, 0.4) is 0 Å². The number of sulfonamides is 1. The van der Waals surface area contributed by atoms with Crippen molar-refractivity contribution in [2.75, 3.05) is 12.3 Å². The Balaban J connectivity index is 2.52. The van der Waals surface area contributed by atoms with Crippen LogP contribution in [0.25, 0.3) is 0 Å².